The highest BCUT2D eigenvalue weighted by Crippen LogP contribution is 2.34. The lowest BCUT2D eigenvalue weighted by Gasteiger charge is -2.11. The number of benzene rings is 2. The van der Waals surface area contributed by atoms with Crippen molar-refractivity contribution in [2.24, 2.45) is 0 Å². The number of carboxylic acid groups (broad SMARTS) is 1. The van der Waals surface area contributed by atoms with Crippen LogP contribution >= 0.6 is 11.8 Å². The fourth-order valence-corrected chi connectivity index (χ4v) is 3.10. The molecule has 0 aliphatic rings. The molecule has 6 nitrogen and oxygen atoms in total. The molecule has 1 heterocycles. The molecular formula is C20H17F3N3O3S-. The number of thioether (sulfide) groups is 1. The van der Waals surface area contributed by atoms with E-state index in [0.29, 0.717) is 17.0 Å². The molecule has 10 heteroatoms. The second-order valence-corrected chi connectivity index (χ2v) is 6.99. The van der Waals surface area contributed by atoms with E-state index in [1.807, 2.05) is 18.4 Å². The Morgan fingerprint density at radius 2 is 1.83 bits per heavy atom. The highest BCUT2D eigenvalue weighted by molar-refractivity contribution is 7.98. The number of carbonyl (C=O) groups is 1. The summed E-state index contributed by atoms with van der Waals surface area (Å²) >= 11 is 1.53. The van der Waals surface area contributed by atoms with E-state index in [2.05, 4.69) is 10.4 Å². The smallest absolute Gasteiger partial charge is 0.435 e. The average molecular weight is 436 g/mol. The lowest BCUT2D eigenvalue weighted by molar-refractivity contribution is -0.250. The molecule has 0 spiro atoms. The standard InChI is InChI=1S/C20H18F3N3O3S/c1-30-16-8-4-14(5-9-16)26-17(12-18(25-26)20(21,22)23)13-2-6-15(7-3-13)29-11-10-24-19(27)28/h2-9,12,24H,10-11H2,1H3,(H,27,28)/p-1. The van der Waals surface area contributed by atoms with Crippen molar-refractivity contribution in [2.75, 3.05) is 19.4 Å². The number of nitrogens with one attached hydrogen (secondary N) is 1. The summed E-state index contributed by atoms with van der Waals surface area (Å²) in [5.41, 5.74) is 0.323. The summed E-state index contributed by atoms with van der Waals surface area (Å²) in [6.07, 6.45) is -4.06. The van der Waals surface area contributed by atoms with Gasteiger partial charge in [-0.1, -0.05) is 0 Å². The minimum atomic E-state index is -4.58. The molecule has 158 valence electrons. The number of ether oxygens (including phenoxy) is 1. The first kappa shape index (κ1) is 21.6. The van der Waals surface area contributed by atoms with Crippen molar-refractivity contribution in [3.8, 4) is 22.7 Å². The van der Waals surface area contributed by atoms with Gasteiger partial charge in [0, 0.05) is 10.5 Å². The van der Waals surface area contributed by atoms with Crippen molar-refractivity contribution >= 4 is 17.9 Å². The first-order valence-electron chi connectivity index (χ1n) is 8.77. The predicted octanol–water partition coefficient (Wildman–Crippen LogP) is 3.59. The van der Waals surface area contributed by atoms with Gasteiger partial charge in [-0.05, 0) is 60.9 Å². The van der Waals surface area contributed by atoms with Crippen LogP contribution in [-0.4, -0.2) is 35.3 Å². The number of rotatable bonds is 7. The van der Waals surface area contributed by atoms with Crippen molar-refractivity contribution < 1.29 is 27.8 Å². The third kappa shape index (κ3) is 5.26. The lowest BCUT2D eigenvalue weighted by Crippen LogP contribution is -2.38. The van der Waals surface area contributed by atoms with E-state index in [1.165, 1.54) is 16.4 Å². The van der Waals surface area contributed by atoms with Crippen LogP contribution in [0.2, 0.25) is 0 Å². The molecule has 0 radical (unpaired) electrons. The molecular weight excluding hydrogens is 419 g/mol. The second kappa shape index (κ2) is 9.12. The van der Waals surface area contributed by atoms with Gasteiger partial charge in [0.1, 0.15) is 18.4 Å². The van der Waals surface area contributed by atoms with Crippen LogP contribution in [0, 0.1) is 0 Å². The number of halogens is 3. The van der Waals surface area contributed by atoms with Gasteiger partial charge in [0.2, 0.25) is 0 Å². The zero-order valence-electron chi connectivity index (χ0n) is 15.8. The molecule has 3 aromatic rings. The van der Waals surface area contributed by atoms with Crippen molar-refractivity contribution in [3.63, 3.8) is 0 Å². The van der Waals surface area contributed by atoms with Crippen LogP contribution in [-0.2, 0) is 6.18 Å². The minimum Gasteiger partial charge on any atom is -0.530 e. The summed E-state index contributed by atoms with van der Waals surface area (Å²) < 4.78 is 46.5. The zero-order chi connectivity index (χ0) is 21.7. The normalized spacial score (nSPS) is 11.3. The van der Waals surface area contributed by atoms with Crippen molar-refractivity contribution in [2.45, 2.75) is 11.1 Å². The minimum absolute atomic E-state index is 0.0534. The molecule has 1 aromatic heterocycles. The number of carbonyl (C=O) groups excluding carboxylic acids is 1. The third-order valence-electron chi connectivity index (χ3n) is 4.11. The molecule has 0 fully saturated rings. The van der Waals surface area contributed by atoms with E-state index in [-0.39, 0.29) is 18.8 Å². The molecule has 0 saturated heterocycles. The van der Waals surface area contributed by atoms with Crippen molar-refractivity contribution in [1.29, 1.82) is 0 Å². The molecule has 1 N–H and O–H groups in total. The molecule has 0 aliphatic carbocycles. The Morgan fingerprint density at radius 1 is 1.17 bits per heavy atom. The number of amides is 1. The summed E-state index contributed by atoms with van der Waals surface area (Å²) in [5, 5.41) is 16.1. The first-order chi connectivity index (χ1) is 14.3. The van der Waals surface area contributed by atoms with Crippen LogP contribution in [0.4, 0.5) is 18.0 Å². The maximum atomic E-state index is 13.3. The van der Waals surface area contributed by atoms with Gasteiger partial charge in [0.05, 0.1) is 17.9 Å². The quantitative estimate of drug-likeness (QED) is 0.452. The Bertz CT molecular complexity index is 1000. The molecule has 0 unspecified atom stereocenters. The lowest BCUT2D eigenvalue weighted by atomic mass is 10.1. The fraction of sp³-hybridized carbons (Fsp3) is 0.200. The maximum absolute atomic E-state index is 13.3. The zero-order valence-corrected chi connectivity index (χ0v) is 16.6. The van der Waals surface area contributed by atoms with Gasteiger partial charge in [-0.15, -0.1) is 11.8 Å². The Kier molecular flexibility index (Phi) is 6.56. The van der Waals surface area contributed by atoms with Crippen LogP contribution < -0.4 is 15.2 Å². The Balaban J connectivity index is 1.88. The molecule has 3 rings (SSSR count). The molecule has 0 atom stereocenters. The number of alkyl halides is 3. The largest absolute Gasteiger partial charge is 0.530 e. The van der Waals surface area contributed by atoms with Gasteiger partial charge >= 0.3 is 6.18 Å². The van der Waals surface area contributed by atoms with E-state index >= 15 is 0 Å². The van der Waals surface area contributed by atoms with Crippen LogP contribution in [0.25, 0.3) is 16.9 Å². The van der Waals surface area contributed by atoms with Gasteiger partial charge in [-0.25, -0.2) is 4.68 Å². The maximum Gasteiger partial charge on any atom is 0.435 e. The summed E-state index contributed by atoms with van der Waals surface area (Å²) in [6.45, 7) is 0.142. The first-order valence-corrected chi connectivity index (χ1v) is 10.00. The monoisotopic (exact) mass is 436 g/mol. The van der Waals surface area contributed by atoms with Crippen molar-refractivity contribution in [3.05, 3.63) is 60.3 Å². The van der Waals surface area contributed by atoms with Gasteiger partial charge in [-0.3, -0.25) is 0 Å². The number of aromatic nitrogens is 2. The average Bonchev–Trinajstić information content (AvgIpc) is 3.17. The molecule has 0 saturated carbocycles. The predicted molar refractivity (Wildman–Crippen MR) is 105 cm³/mol. The highest BCUT2D eigenvalue weighted by Gasteiger charge is 2.35. The number of hydrogen-bond acceptors (Lipinski definition) is 5. The molecule has 2 aromatic carbocycles. The Morgan fingerprint density at radius 3 is 2.40 bits per heavy atom. The van der Waals surface area contributed by atoms with Crippen LogP contribution in [0.15, 0.2) is 59.5 Å². The van der Waals surface area contributed by atoms with E-state index < -0.39 is 18.0 Å². The number of nitrogens with zero attached hydrogens (tertiary/aromatic N) is 2. The van der Waals surface area contributed by atoms with Crippen LogP contribution in [0.1, 0.15) is 5.69 Å². The number of hydrogen-bond donors (Lipinski definition) is 1. The van der Waals surface area contributed by atoms with Gasteiger partial charge in [0.25, 0.3) is 0 Å². The van der Waals surface area contributed by atoms with Gasteiger partial charge in [0.15, 0.2) is 5.69 Å². The van der Waals surface area contributed by atoms with E-state index in [9.17, 15) is 23.1 Å². The van der Waals surface area contributed by atoms with Gasteiger partial charge in [-0.2, -0.15) is 18.3 Å². The summed E-state index contributed by atoms with van der Waals surface area (Å²) in [5.74, 6) is 0.449. The Hall–Kier alpha value is -3.14. The van der Waals surface area contributed by atoms with E-state index in [0.717, 1.165) is 11.0 Å². The highest BCUT2D eigenvalue weighted by atomic mass is 32.2. The summed E-state index contributed by atoms with van der Waals surface area (Å²) in [4.78, 5) is 11.3. The third-order valence-corrected chi connectivity index (χ3v) is 4.85. The van der Waals surface area contributed by atoms with Crippen molar-refractivity contribution in [1.82, 2.24) is 15.1 Å². The van der Waals surface area contributed by atoms with Crippen LogP contribution in [0.3, 0.4) is 0 Å². The molecule has 30 heavy (non-hydrogen) atoms. The van der Waals surface area contributed by atoms with E-state index in [1.54, 1.807) is 36.4 Å². The molecule has 1 amide bonds. The van der Waals surface area contributed by atoms with Crippen LogP contribution in [0.5, 0.6) is 5.75 Å². The SMILES string of the molecule is CSc1ccc(-n2nc(C(F)(F)F)cc2-c2ccc(OCCNC(=O)[O-])cc2)cc1. The summed E-state index contributed by atoms with van der Waals surface area (Å²) in [6, 6.07) is 14.5. The topological polar surface area (TPSA) is 79.2 Å². The second-order valence-electron chi connectivity index (χ2n) is 6.11. The van der Waals surface area contributed by atoms with Gasteiger partial charge < -0.3 is 20.0 Å². The molecule has 0 bridgehead atoms. The van der Waals surface area contributed by atoms with E-state index in [4.69, 9.17) is 4.74 Å². The fourth-order valence-electron chi connectivity index (χ4n) is 2.69. The Labute approximate surface area is 174 Å². The summed E-state index contributed by atoms with van der Waals surface area (Å²) in [7, 11) is 0. The molecule has 0 aliphatic heterocycles.